The number of nitrogens with zero attached hydrogens (tertiary/aromatic N) is 1. The van der Waals surface area contributed by atoms with E-state index in [9.17, 15) is 0 Å². The highest BCUT2D eigenvalue weighted by molar-refractivity contribution is 5.79. The van der Waals surface area contributed by atoms with E-state index in [1.807, 2.05) is 6.20 Å². The Kier molecular flexibility index (Phi) is 6.42. The lowest BCUT2D eigenvalue weighted by Crippen LogP contribution is -1.90. The minimum absolute atomic E-state index is 0.980. The molecular weight excluding hydrogens is 458 g/mol. The van der Waals surface area contributed by atoms with Gasteiger partial charge in [0.2, 0.25) is 0 Å². The van der Waals surface area contributed by atoms with Crippen LogP contribution in [0.2, 0.25) is 0 Å². The van der Waals surface area contributed by atoms with Gasteiger partial charge < -0.3 is 0 Å². The summed E-state index contributed by atoms with van der Waals surface area (Å²) in [5.41, 5.74) is 14.3. The van der Waals surface area contributed by atoms with E-state index in [2.05, 4.69) is 147 Å². The van der Waals surface area contributed by atoms with Crippen LogP contribution in [-0.2, 0) is 0 Å². The highest BCUT2D eigenvalue weighted by atomic mass is 14.7. The highest BCUT2D eigenvalue weighted by Gasteiger charge is 2.09. The number of hydrogen-bond acceptors (Lipinski definition) is 1. The summed E-state index contributed by atoms with van der Waals surface area (Å²) in [5.74, 6) is 0. The average molecular weight is 488 g/mol. The van der Waals surface area contributed by atoms with E-state index in [0.717, 1.165) is 16.8 Å². The first-order valence-corrected chi connectivity index (χ1v) is 13.0. The van der Waals surface area contributed by atoms with Crippen LogP contribution < -0.4 is 0 Å². The molecule has 0 radical (unpaired) electrons. The van der Waals surface area contributed by atoms with Crippen molar-refractivity contribution in [3.05, 3.63) is 151 Å². The zero-order valence-electron chi connectivity index (χ0n) is 21.7. The molecular formula is C37H29N. The fourth-order valence-corrected chi connectivity index (χ4v) is 5.23. The van der Waals surface area contributed by atoms with Crippen molar-refractivity contribution in [1.29, 1.82) is 0 Å². The van der Waals surface area contributed by atoms with Crippen molar-refractivity contribution in [3.63, 3.8) is 0 Å². The number of aryl methyl sites for hydroxylation is 2. The largest absolute Gasteiger partial charge is 0.256 e. The summed E-state index contributed by atoms with van der Waals surface area (Å²) in [4.78, 5) is 4.85. The fraction of sp³-hybridized carbons (Fsp3) is 0.0541. The second-order valence-electron chi connectivity index (χ2n) is 9.81. The molecule has 38 heavy (non-hydrogen) atoms. The molecule has 0 aliphatic heterocycles. The zero-order chi connectivity index (χ0) is 25.9. The van der Waals surface area contributed by atoms with E-state index >= 15 is 0 Å². The lowest BCUT2D eigenvalue weighted by molar-refractivity contribution is 1.30. The second-order valence-corrected chi connectivity index (χ2v) is 9.81. The highest BCUT2D eigenvalue weighted by Crippen LogP contribution is 2.32. The van der Waals surface area contributed by atoms with Crippen LogP contribution in [0.5, 0.6) is 0 Å². The zero-order valence-corrected chi connectivity index (χ0v) is 21.7. The number of aromatic nitrogens is 1. The van der Waals surface area contributed by atoms with Crippen molar-refractivity contribution in [2.24, 2.45) is 0 Å². The molecule has 1 heteroatoms. The third-order valence-electron chi connectivity index (χ3n) is 7.19. The van der Waals surface area contributed by atoms with Gasteiger partial charge in [-0.15, -0.1) is 0 Å². The van der Waals surface area contributed by atoms with Crippen LogP contribution in [0.3, 0.4) is 0 Å². The number of pyridine rings is 1. The SMILES string of the molecule is Cc1cccc(C)c1-c1ccc(-c2cccc(-c3cccc(-c4cccc(-c5ccccc5)c4)c3)c2)nc1. The number of hydrogen-bond donors (Lipinski definition) is 0. The molecule has 0 aliphatic carbocycles. The Balaban J connectivity index is 1.30. The van der Waals surface area contributed by atoms with Crippen LogP contribution in [-0.4, -0.2) is 4.98 Å². The average Bonchev–Trinajstić information content (AvgIpc) is 2.98. The molecule has 0 fully saturated rings. The maximum atomic E-state index is 4.85. The van der Waals surface area contributed by atoms with Crippen molar-refractivity contribution >= 4 is 0 Å². The molecule has 1 aromatic heterocycles. The normalized spacial score (nSPS) is 10.9. The van der Waals surface area contributed by atoms with Crippen LogP contribution in [0.1, 0.15) is 11.1 Å². The van der Waals surface area contributed by atoms with Gasteiger partial charge in [0.15, 0.2) is 0 Å². The molecule has 1 heterocycles. The molecule has 0 atom stereocenters. The molecule has 0 N–H and O–H groups in total. The molecule has 0 aliphatic rings. The summed E-state index contributed by atoms with van der Waals surface area (Å²) in [5, 5.41) is 0. The third-order valence-corrected chi connectivity index (χ3v) is 7.19. The first-order chi connectivity index (χ1) is 18.7. The first kappa shape index (κ1) is 23.6. The van der Waals surface area contributed by atoms with Crippen molar-refractivity contribution in [2.45, 2.75) is 13.8 Å². The van der Waals surface area contributed by atoms with Gasteiger partial charge in [-0.2, -0.15) is 0 Å². The van der Waals surface area contributed by atoms with Gasteiger partial charge in [0.05, 0.1) is 5.69 Å². The summed E-state index contributed by atoms with van der Waals surface area (Å²) < 4.78 is 0. The van der Waals surface area contributed by atoms with Gasteiger partial charge in [0.25, 0.3) is 0 Å². The molecule has 5 aromatic carbocycles. The summed E-state index contributed by atoms with van der Waals surface area (Å²) >= 11 is 0. The molecule has 0 saturated carbocycles. The van der Waals surface area contributed by atoms with Crippen molar-refractivity contribution < 1.29 is 0 Å². The van der Waals surface area contributed by atoms with E-state index < -0.39 is 0 Å². The lowest BCUT2D eigenvalue weighted by atomic mass is 9.95. The second kappa shape index (κ2) is 10.3. The molecule has 0 unspecified atom stereocenters. The molecule has 182 valence electrons. The van der Waals surface area contributed by atoms with Gasteiger partial charge in [0.1, 0.15) is 0 Å². The molecule has 0 spiro atoms. The molecule has 0 bridgehead atoms. The monoisotopic (exact) mass is 487 g/mol. The minimum Gasteiger partial charge on any atom is -0.256 e. The Morgan fingerprint density at radius 1 is 0.368 bits per heavy atom. The van der Waals surface area contributed by atoms with Gasteiger partial charge >= 0.3 is 0 Å². The van der Waals surface area contributed by atoms with Crippen LogP contribution in [0.4, 0.5) is 0 Å². The Labute approximate surface area is 225 Å². The van der Waals surface area contributed by atoms with E-state index in [1.165, 1.54) is 50.1 Å². The summed E-state index contributed by atoms with van der Waals surface area (Å²) in [6.45, 7) is 4.32. The summed E-state index contributed by atoms with van der Waals surface area (Å²) in [6, 6.07) is 47.5. The molecule has 1 nitrogen and oxygen atoms in total. The third kappa shape index (κ3) is 4.79. The van der Waals surface area contributed by atoms with Gasteiger partial charge in [-0.25, -0.2) is 0 Å². The fourth-order valence-electron chi connectivity index (χ4n) is 5.23. The maximum Gasteiger partial charge on any atom is 0.0702 e. The van der Waals surface area contributed by atoms with Crippen LogP contribution in [0.15, 0.2) is 140 Å². The van der Waals surface area contributed by atoms with E-state index in [1.54, 1.807) is 0 Å². The molecule has 6 rings (SSSR count). The number of rotatable bonds is 5. The van der Waals surface area contributed by atoms with Crippen molar-refractivity contribution in [1.82, 2.24) is 4.98 Å². The van der Waals surface area contributed by atoms with Crippen LogP contribution >= 0.6 is 0 Å². The Morgan fingerprint density at radius 3 is 1.34 bits per heavy atom. The predicted molar refractivity (Wildman–Crippen MR) is 161 cm³/mol. The summed E-state index contributed by atoms with van der Waals surface area (Å²) in [7, 11) is 0. The lowest BCUT2D eigenvalue weighted by Gasteiger charge is -2.11. The molecule has 0 amide bonds. The van der Waals surface area contributed by atoms with Crippen molar-refractivity contribution in [3.8, 4) is 55.8 Å². The number of benzene rings is 5. The van der Waals surface area contributed by atoms with Gasteiger partial charge in [0, 0.05) is 17.3 Å². The smallest absolute Gasteiger partial charge is 0.0702 e. The topological polar surface area (TPSA) is 12.9 Å². The van der Waals surface area contributed by atoms with E-state index in [0.29, 0.717) is 0 Å². The molecule has 6 aromatic rings. The van der Waals surface area contributed by atoms with E-state index in [-0.39, 0.29) is 0 Å². The van der Waals surface area contributed by atoms with Gasteiger partial charge in [-0.3, -0.25) is 4.98 Å². The molecule has 0 saturated heterocycles. The standard InChI is InChI=1S/C37H29N/c1-26-10-6-11-27(2)37(26)35-20-21-36(38-25-35)34-19-9-18-33(24-34)32-17-8-16-31(23-32)30-15-7-14-29(22-30)28-12-4-3-5-13-28/h3-25H,1-2H3. The summed E-state index contributed by atoms with van der Waals surface area (Å²) in [6.07, 6.45) is 2.00. The maximum absolute atomic E-state index is 4.85. The van der Waals surface area contributed by atoms with Crippen LogP contribution in [0, 0.1) is 13.8 Å². The first-order valence-electron chi connectivity index (χ1n) is 13.0. The Morgan fingerprint density at radius 2 is 0.816 bits per heavy atom. The van der Waals surface area contributed by atoms with Gasteiger partial charge in [-0.1, -0.05) is 109 Å². The Bertz CT molecular complexity index is 1690. The minimum atomic E-state index is 0.980. The van der Waals surface area contributed by atoms with Crippen LogP contribution in [0.25, 0.3) is 55.8 Å². The Hall–Kier alpha value is -4.75. The van der Waals surface area contributed by atoms with E-state index in [4.69, 9.17) is 4.98 Å². The quantitative estimate of drug-likeness (QED) is 0.236. The van der Waals surface area contributed by atoms with Gasteiger partial charge in [-0.05, 0) is 88.2 Å². The van der Waals surface area contributed by atoms with Crippen molar-refractivity contribution in [2.75, 3.05) is 0 Å². The predicted octanol–water partition coefficient (Wildman–Crippen LogP) is 10.0.